The summed E-state index contributed by atoms with van der Waals surface area (Å²) >= 11 is 0. The number of halogens is 1. The van der Waals surface area contributed by atoms with E-state index >= 15 is 4.39 Å². The van der Waals surface area contributed by atoms with E-state index in [0.717, 1.165) is 65.3 Å². The minimum absolute atomic E-state index is 0.0938. The Balaban J connectivity index is 0.848. The van der Waals surface area contributed by atoms with E-state index < -0.39 is 18.0 Å². The molecular formula is C40H44FN9O2. The number of aliphatic imine (C=N–C) groups is 1. The second kappa shape index (κ2) is 13.6. The Kier molecular flexibility index (Phi) is 8.84. The molecule has 12 heteroatoms. The van der Waals surface area contributed by atoms with Crippen LogP contribution in [0.3, 0.4) is 0 Å². The summed E-state index contributed by atoms with van der Waals surface area (Å²) in [5, 5.41) is 20.5. The number of carbonyl (C=O) groups excluding carboxylic acids is 2. The Bertz CT molecular complexity index is 2200. The Morgan fingerprint density at radius 1 is 0.981 bits per heavy atom. The summed E-state index contributed by atoms with van der Waals surface area (Å²) in [5.41, 5.74) is 7.79. The number of hydrogen-bond donors (Lipinski definition) is 4. The van der Waals surface area contributed by atoms with Crippen LogP contribution in [0.1, 0.15) is 93.3 Å². The van der Waals surface area contributed by atoms with E-state index in [9.17, 15) is 9.59 Å². The molecule has 6 atom stereocenters. The summed E-state index contributed by atoms with van der Waals surface area (Å²) in [6, 6.07) is 7.72. The first kappa shape index (κ1) is 33.7. The van der Waals surface area contributed by atoms with Crippen molar-refractivity contribution in [3.05, 3.63) is 107 Å². The number of fused-ring (bicyclic) bond motifs is 2. The molecule has 2 amide bonds. The minimum Gasteiger partial charge on any atom is -0.309 e. The molecule has 4 aromatic heterocycles. The van der Waals surface area contributed by atoms with Crippen molar-refractivity contribution >= 4 is 34.8 Å². The van der Waals surface area contributed by atoms with Crippen molar-refractivity contribution in [1.82, 2.24) is 29.8 Å². The third kappa shape index (κ3) is 7.06. The van der Waals surface area contributed by atoms with Crippen LogP contribution in [-0.4, -0.2) is 53.5 Å². The third-order valence-electron chi connectivity index (χ3n) is 10.8. The average molecular weight is 702 g/mol. The fraction of sp³-hybridized carbons (Fsp3) is 0.400. The van der Waals surface area contributed by atoms with Crippen molar-refractivity contribution in [2.45, 2.75) is 83.7 Å². The molecule has 11 nitrogen and oxygen atoms in total. The van der Waals surface area contributed by atoms with Crippen LogP contribution in [0.4, 0.5) is 16.0 Å². The zero-order valence-corrected chi connectivity index (χ0v) is 29.9. The predicted molar refractivity (Wildman–Crippen MR) is 199 cm³/mol. The van der Waals surface area contributed by atoms with Crippen molar-refractivity contribution in [3.63, 3.8) is 0 Å². The molecule has 268 valence electrons. The van der Waals surface area contributed by atoms with Crippen molar-refractivity contribution < 1.29 is 14.0 Å². The standard InChI is InChI=1S/C40H44FN9O2/c1-21-8-13-38-43-35(20-50(38)19-21)24(4)40(52)45-37-18-34(47-49-37)29-16-28(29)22(2)14-30(41)25-6-5-7-27-15-32(42-31(27)12-11-25)23(3)39(51)44-36-17-33(46-48-36)26-9-10-26/h6,8,11-15,17-20,23-24,26-30H,5,7,9-10,16H2,1-4H3,(H2,44,46,48,51)(H2,45,47,49,52)/b12-11?,22-14-,25-6?/t23-,24-,27?,28?,29?,30?/m1/s1. The molecule has 5 heterocycles. The van der Waals surface area contributed by atoms with E-state index in [1.165, 1.54) is 0 Å². The van der Waals surface area contributed by atoms with Gasteiger partial charge in [-0.2, -0.15) is 10.2 Å². The highest BCUT2D eigenvalue weighted by Crippen LogP contribution is 2.51. The fourth-order valence-electron chi connectivity index (χ4n) is 7.23. The first-order valence-corrected chi connectivity index (χ1v) is 18.3. The van der Waals surface area contributed by atoms with Gasteiger partial charge in [0, 0.05) is 65.1 Å². The highest BCUT2D eigenvalue weighted by Gasteiger charge is 2.41. The molecule has 0 saturated heterocycles. The molecule has 4 N–H and O–H groups in total. The maximum Gasteiger partial charge on any atom is 0.234 e. The fourth-order valence-corrected chi connectivity index (χ4v) is 7.23. The van der Waals surface area contributed by atoms with Gasteiger partial charge in [0.2, 0.25) is 11.8 Å². The van der Waals surface area contributed by atoms with Crippen LogP contribution in [0.15, 0.2) is 88.9 Å². The third-order valence-corrected chi connectivity index (χ3v) is 10.8. The largest absolute Gasteiger partial charge is 0.309 e. The average Bonchev–Trinajstić information content (AvgIpc) is 3.90. The zero-order chi connectivity index (χ0) is 36.1. The number of anilines is 2. The lowest BCUT2D eigenvalue weighted by molar-refractivity contribution is -0.118. The van der Waals surface area contributed by atoms with Crippen LogP contribution in [0.5, 0.6) is 0 Å². The molecule has 0 bridgehead atoms. The van der Waals surface area contributed by atoms with Crippen LogP contribution in [0, 0.1) is 24.7 Å². The number of aromatic amines is 2. The molecule has 52 heavy (non-hydrogen) atoms. The Labute approximate surface area is 301 Å². The van der Waals surface area contributed by atoms with Crippen LogP contribution >= 0.6 is 0 Å². The molecule has 0 spiro atoms. The predicted octanol–water partition coefficient (Wildman–Crippen LogP) is 7.60. The molecule has 4 aromatic rings. The molecule has 4 aliphatic rings. The van der Waals surface area contributed by atoms with Gasteiger partial charge in [-0.15, -0.1) is 0 Å². The Morgan fingerprint density at radius 2 is 1.71 bits per heavy atom. The normalized spacial score (nSPS) is 23.1. The summed E-state index contributed by atoms with van der Waals surface area (Å²) in [6.45, 7) is 7.69. The number of nitrogens with one attached hydrogen (secondary N) is 4. The number of nitrogens with zero attached hydrogens (tertiary/aromatic N) is 5. The maximum absolute atomic E-state index is 15.8. The van der Waals surface area contributed by atoms with Crippen LogP contribution < -0.4 is 10.6 Å². The van der Waals surface area contributed by atoms with Crippen molar-refractivity contribution in [2.24, 2.45) is 22.7 Å². The van der Waals surface area contributed by atoms with Crippen molar-refractivity contribution in [3.8, 4) is 0 Å². The van der Waals surface area contributed by atoms with E-state index in [4.69, 9.17) is 4.99 Å². The highest BCUT2D eigenvalue weighted by molar-refractivity contribution is 6.02. The first-order chi connectivity index (χ1) is 25.1. The number of amides is 2. The smallest absolute Gasteiger partial charge is 0.234 e. The van der Waals surface area contributed by atoms with Gasteiger partial charge in [0.25, 0.3) is 0 Å². The number of hydrogen-bond acceptors (Lipinski definition) is 6. The molecule has 0 aromatic carbocycles. The van der Waals surface area contributed by atoms with E-state index in [-0.39, 0.29) is 29.6 Å². The second-order valence-corrected chi connectivity index (χ2v) is 14.9. The van der Waals surface area contributed by atoms with Gasteiger partial charge in [0.1, 0.15) is 11.8 Å². The molecular weight excluding hydrogens is 657 g/mol. The number of H-pyrrole nitrogens is 2. The minimum atomic E-state index is -1.25. The molecule has 2 fully saturated rings. The van der Waals surface area contributed by atoms with E-state index in [2.05, 4.69) is 42.1 Å². The van der Waals surface area contributed by atoms with Crippen molar-refractivity contribution in [2.75, 3.05) is 10.6 Å². The SMILES string of the molecule is C/C(=C/C(F)C1=CCCC2C=C([C@@H](C)C(=O)Nc3cc(C4CC4)[nH]n3)N=C2C=C1)C1CC1c1cc(NC(=O)[C@H](C)c2cn3cc(C)ccc3n2)n[nH]1. The maximum atomic E-state index is 15.8. The topological polar surface area (TPSA) is 145 Å². The Hall–Kier alpha value is -5.39. The van der Waals surface area contributed by atoms with Crippen molar-refractivity contribution in [1.29, 1.82) is 0 Å². The molecule has 1 aliphatic heterocycles. The molecule has 4 unspecified atom stereocenters. The number of aromatic nitrogens is 6. The lowest BCUT2D eigenvalue weighted by atomic mass is 9.92. The van der Waals surface area contributed by atoms with Gasteiger partial charge in [-0.3, -0.25) is 24.8 Å². The van der Waals surface area contributed by atoms with Gasteiger partial charge < -0.3 is 15.0 Å². The van der Waals surface area contributed by atoms with Gasteiger partial charge in [-0.25, -0.2) is 9.37 Å². The lowest BCUT2D eigenvalue weighted by Gasteiger charge is -2.13. The number of aryl methyl sites for hydroxylation is 1. The number of pyridine rings is 1. The quantitative estimate of drug-likeness (QED) is 0.119. The molecule has 3 aliphatic carbocycles. The van der Waals surface area contributed by atoms with Gasteiger partial charge in [-0.05, 0) is 95.1 Å². The highest BCUT2D eigenvalue weighted by atomic mass is 19.1. The molecule has 2 saturated carbocycles. The van der Waals surface area contributed by atoms with Crippen LogP contribution in [0.25, 0.3) is 5.65 Å². The molecule has 8 rings (SSSR count). The monoisotopic (exact) mass is 701 g/mol. The summed E-state index contributed by atoms with van der Waals surface area (Å²) in [4.78, 5) is 35.5. The van der Waals surface area contributed by atoms with Gasteiger partial charge in [0.15, 0.2) is 11.6 Å². The Morgan fingerprint density at radius 3 is 2.48 bits per heavy atom. The summed E-state index contributed by atoms with van der Waals surface area (Å²) in [6.07, 6.45) is 16.8. The number of imidazole rings is 1. The van der Waals surface area contributed by atoms with Crippen LogP contribution in [0.2, 0.25) is 0 Å². The van der Waals surface area contributed by atoms with Gasteiger partial charge >= 0.3 is 0 Å². The first-order valence-electron chi connectivity index (χ1n) is 18.3. The number of alkyl halides is 1. The lowest BCUT2D eigenvalue weighted by Crippen LogP contribution is -2.21. The number of rotatable bonds is 11. The van der Waals surface area contributed by atoms with E-state index in [1.807, 2.05) is 87.0 Å². The van der Waals surface area contributed by atoms with E-state index in [1.54, 1.807) is 6.08 Å². The van der Waals surface area contributed by atoms with Crippen LogP contribution in [-0.2, 0) is 9.59 Å². The summed E-state index contributed by atoms with van der Waals surface area (Å²) in [5.74, 6) is 0.794. The van der Waals surface area contributed by atoms with Gasteiger partial charge in [-0.1, -0.05) is 29.9 Å². The summed E-state index contributed by atoms with van der Waals surface area (Å²) in [7, 11) is 0. The number of carbonyl (C=O) groups is 2. The van der Waals surface area contributed by atoms with Gasteiger partial charge in [0.05, 0.1) is 17.5 Å². The zero-order valence-electron chi connectivity index (χ0n) is 29.9. The number of allylic oxidation sites excluding steroid dienone is 7. The van der Waals surface area contributed by atoms with E-state index in [0.29, 0.717) is 35.2 Å². The summed E-state index contributed by atoms with van der Waals surface area (Å²) < 4.78 is 17.7. The molecule has 0 radical (unpaired) electrons. The second-order valence-electron chi connectivity index (χ2n) is 14.9.